The van der Waals surface area contributed by atoms with Crippen molar-refractivity contribution in [2.24, 2.45) is 5.73 Å². The molecule has 88 valence electrons. The summed E-state index contributed by atoms with van der Waals surface area (Å²) in [7, 11) is 0. The Bertz CT molecular complexity index is 539. The number of benzene rings is 1. The minimum atomic E-state index is -1.45. The predicted octanol–water partition coefficient (Wildman–Crippen LogP) is 0.675. The molecule has 0 saturated heterocycles. The number of rotatable bonds is 4. The number of halogens is 1. The molecule has 0 aliphatic heterocycles. The van der Waals surface area contributed by atoms with Crippen molar-refractivity contribution in [1.29, 1.82) is 0 Å². The Morgan fingerprint density at radius 1 is 1.44 bits per heavy atom. The Morgan fingerprint density at radius 2 is 2.00 bits per heavy atom. The number of nitrogens with two attached hydrogens (primary N) is 2. The highest BCUT2D eigenvalue weighted by Crippen LogP contribution is 2.13. The van der Waals surface area contributed by atoms with E-state index < -0.39 is 59.6 Å². The first kappa shape index (κ1) is 8.55. The summed E-state index contributed by atoms with van der Waals surface area (Å²) in [5.74, 6) is -2.22. The van der Waals surface area contributed by atoms with Crippen LogP contribution in [-0.2, 0) is 4.79 Å². The number of carboxylic acid groups (broad SMARTS) is 1. The fourth-order valence-electron chi connectivity index (χ4n) is 0.931. The van der Waals surface area contributed by atoms with E-state index >= 15 is 0 Å². The smallest absolute Gasteiger partial charge is 0.320 e. The zero-order valence-corrected chi connectivity index (χ0v) is 8.93. The van der Waals surface area contributed by atoms with E-state index in [0.29, 0.717) is 0 Å². The molecule has 1 rings (SSSR count). The van der Waals surface area contributed by atoms with E-state index in [0.717, 1.165) is 0 Å². The van der Waals surface area contributed by atoms with Crippen molar-refractivity contribution < 1.29 is 20.2 Å². The van der Waals surface area contributed by atoms with Gasteiger partial charge in [0.1, 0.15) is 6.04 Å². The largest absolute Gasteiger partial charge is 0.480 e. The fraction of sp³-hybridized carbons (Fsp3) is 0.200. The molecule has 0 spiro atoms. The van der Waals surface area contributed by atoms with Crippen LogP contribution in [0.2, 0.25) is 0 Å². The summed E-state index contributed by atoms with van der Waals surface area (Å²) >= 11 is 0. The number of nitrogen functional groups attached to an aromatic ring is 1. The molecule has 5 N–H and O–H groups in total. The average Bonchev–Trinajstić information content (AvgIpc) is 2.34. The molecule has 0 saturated carbocycles. The molecule has 0 radical (unpaired) electrons. The van der Waals surface area contributed by atoms with Crippen LogP contribution in [0.3, 0.4) is 0 Å². The van der Waals surface area contributed by atoms with Crippen molar-refractivity contribution in [3.8, 4) is 0 Å². The maximum absolute atomic E-state index is 11.8. The van der Waals surface area contributed by atoms with Crippen molar-refractivity contribution in [2.75, 3.05) is 5.73 Å². The molecule has 0 amide bonds. The predicted molar refractivity (Wildman–Crippen MR) is 62.7 cm³/mol. The van der Waals surface area contributed by atoms with Crippen LogP contribution in [0.5, 0.6) is 0 Å². The minimum absolute atomic E-state index is 0. The van der Waals surface area contributed by atoms with E-state index in [9.17, 15) is 9.59 Å². The van der Waals surface area contributed by atoms with Crippen molar-refractivity contribution in [2.45, 2.75) is 12.5 Å². The van der Waals surface area contributed by atoms with Gasteiger partial charge in [-0.25, -0.2) is 0 Å². The Hall–Kier alpha value is -1.59. The molecule has 1 atom stereocenters. The van der Waals surface area contributed by atoms with Crippen molar-refractivity contribution in [3.05, 3.63) is 29.7 Å². The van der Waals surface area contributed by atoms with E-state index in [1.165, 1.54) is 0 Å². The molecular formula is C10H13ClN2O3. The fourth-order valence-corrected chi connectivity index (χ4v) is 0.931. The number of aliphatic carboxylic acids is 1. The van der Waals surface area contributed by atoms with E-state index in [4.69, 9.17) is 22.1 Å². The second-order valence-electron chi connectivity index (χ2n) is 2.86. The summed E-state index contributed by atoms with van der Waals surface area (Å²) in [6.45, 7) is 0. The minimum Gasteiger partial charge on any atom is -0.480 e. The zero-order valence-electron chi connectivity index (χ0n) is 12.1. The molecule has 0 aliphatic rings. The van der Waals surface area contributed by atoms with Gasteiger partial charge in [0.2, 0.25) is 0 Å². The lowest BCUT2D eigenvalue weighted by atomic mass is 10.0. The van der Waals surface area contributed by atoms with Gasteiger partial charge < -0.3 is 16.6 Å². The first-order chi connectivity index (χ1) is 8.68. The highest BCUT2D eigenvalue weighted by Gasteiger charge is 2.18. The maximum atomic E-state index is 11.8. The van der Waals surface area contributed by atoms with Gasteiger partial charge >= 0.3 is 5.97 Å². The van der Waals surface area contributed by atoms with E-state index in [1.54, 1.807) is 0 Å². The van der Waals surface area contributed by atoms with Crippen molar-refractivity contribution in [3.63, 3.8) is 0 Å². The average molecular weight is 249 g/mol. The van der Waals surface area contributed by atoms with Crippen LogP contribution in [0.1, 0.15) is 22.3 Å². The lowest BCUT2D eigenvalue weighted by Gasteiger charge is -2.07. The van der Waals surface area contributed by atoms with Gasteiger partial charge in [-0.15, -0.1) is 12.4 Å². The second-order valence-corrected chi connectivity index (χ2v) is 2.86. The van der Waals surface area contributed by atoms with Gasteiger partial charge in [0, 0.05) is 17.7 Å². The SMILES string of the molecule is Cl.[2H]c1c([2H])c([2H])c(C(=O)C[C@H](N)C(=O)O)c(N)c1[2H]. The molecule has 5 nitrogen and oxygen atoms in total. The molecule has 16 heavy (non-hydrogen) atoms. The highest BCUT2D eigenvalue weighted by molar-refractivity contribution is 6.02. The van der Waals surface area contributed by atoms with E-state index in [2.05, 4.69) is 0 Å². The highest BCUT2D eigenvalue weighted by atomic mass is 35.5. The third-order valence-corrected chi connectivity index (χ3v) is 1.72. The van der Waals surface area contributed by atoms with Gasteiger partial charge in [0.05, 0.1) is 5.48 Å². The summed E-state index contributed by atoms with van der Waals surface area (Å²) < 4.78 is 29.8. The van der Waals surface area contributed by atoms with E-state index in [-0.39, 0.29) is 12.4 Å². The molecule has 0 unspecified atom stereocenters. The summed E-state index contributed by atoms with van der Waals surface area (Å²) in [6.07, 6.45) is -0.596. The lowest BCUT2D eigenvalue weighted by Crippen LogP contribution is -2.32. The first-order valence-electron chi connectivity index (χ1n) is 6.05. The number of carbonyl (C=O) groups excluding carboxylic acids is 1. The molecule has 0 bridgehead atoms. The summed E-state index contributed by atoms with van der Waals surface area (Å²) in [4.78, 5) is 22.4. The van der Waals surface area contributed by atoms with Crippen molar-refractivity contribution in [1.82, 2.24) is 0 Å². The Morgan fingerprint density at radius 3 is 2.56 bits per heavy atom. The van der Waals surface area contributed by atoms with Crippen molar-refractivity contribution >= 4 is 29.8 Å². The van der Waals surface area contributed by atoms with Crippen LogP contribution in [-0.4, -0.2) is 22.9 Å². The number of hydrogen-bond acceptors (Lipinski definition) is 4. The molecule has 6 heteroatoms. The third kappa shape index (κ3) is 3.52. The number of para-hydroxylation sites is 1. The standard InChI is InChI=1S/C10H12N2O3.ClH/c11-7-4-2-1-3-6(7)9(13)5-8(12)10(14)15;/h1-4,8H,5,11-12H2,(H,14,15);1H/t8-;/m0./s1/i1D,2D,3D,4D;. The monoisotopic (exact) mass is 248 g/mol. The number of carboxylic acids is 1. The van der Waals surface area contributed by atoms with Crippen LogP contribution in [0.4, 0.5) is 5.69 Å². The molecule has 0 aromatic heterocycles. The number of ketones is 1. The molecule has 0 fully saturated rings. The van der Waals surface area contributed by atoms with Gasteiger partial charge in [-0.05, 0) is 12.1 Å². The molecule has 1 aromatic carbocycles. The Labute approximate surface area is 104 Å². The molecule has 0 heterocycles. The summed E-state index contributed by atoms with van der Waals surface area (Å²) in [6, 6.07) is -3.74. The van der Waals surface area contributed by atoms with Gasteiger partial charge in [-0.1, -0.05) is 12.1 Å². The summed E-state index contributed by atoms with van der Waals surface area (Å²) in [5, 5.41) is 8.61. The third-order valence-electron chi connectivity index (χ3n) is 1.72. The number of Topliss-reactive ketones (excluding diaryl/α,β-unsaturated/α-hetero) is 1. The number of hydrogen-bond donors (Lipinski definition) is 3. The Balaban J connectivity index is 0.00000361. The lowest BCUT2D eigenvalue weighted by molar-refractivity contribution is -0.138. The van der Waals surface area contributed by atoms with Gasteiger partial charge in [0.15, 0.2) is 5.78 Å². The molecule has 0 aliphatic carbocycles. The maximum Gasteiger partial charge on any atom is 0.320 e. The zero-order chi connectivity index (χ0) is 14.9. The second kappa shape index (κ2) is 6.09. The molecule has 1 aromatic rings. The first-order valence-corrected chi connectivity index (χ1v) is 4.05. The van der Waals surface area contributed by atoms with Crippen LogP contribution < -0.4 is 11.5 Å². The van der Waals surface area contributed by atoms with Crippen LogP contribution >= 0.6 is 12.4 Å². The quantitative estimate of drug-likeness (QED) is 0.537. The summed E-state index contributed by atoms with van der Waals surface area (Å²) in [5.41, 5.74) is 9.86. The molecular weight excluding hydrogens is 232 g/mol. The van der Waals surface area contributed by atoms with Crippen LogP contribution in [0, 0.1) is 0 Å². The van der Waals surface area contributed by atoms with Crippen LogP contribution in [0.25, 0.3) is 0 Å². The van der Waals surface area contributed by atoms with Crippen LogP contribution in [0.15, 0.2) is 24.2 Å². The van der Waals surface area contributed by atoms with E-state index in [1.807, 2.05) is 0 Å². The normalized spacial score (nSPS) is 14.8. The topological polar surface area (TPSA) is 106 Å². The number of anilines is 1. The van der Waals surface area contributed by atoms with Gasteiger partial charge in [-0.3, -0.25) is 9.59 Å². The number of carbonyl (C=O) groups is 2. The Kier molecular flexibility index (Phi) is 3.26. The van der Waals surface area contributed by atoms with Gasteiger partial charge in [-0.2, -0.15) is 0 Å². The van der Waals surface area contributed by atoms with Gasteiger partial charge in [0.25, 0.3) is 0 Å².